The van der Waals surface area contributed by atoms with Crippen molar-refractivity contribution in [2.24, 2.45) is 0 Å². The van der Waals surface area contributed by atoms with Crippen molar-refractivity contribution in [2.45, 2.75) is 33.7 Å². The Morgan fingerprint density at radius 1 is 1.26 bits per heavy atom. The van der Waals surface area contributed by atoms with Crippen molar-refractivity contribution in [3.8, 4) is 5.88 Å². The number of aryl methyl sites for hydroxylation is 2. The van der Waals surface area contributed by atoms with E-state index < -0.39 is 0 Å². The van der Waals surface area contributed by atoms with E-state index in [9.17, 15) is 0 Å². The summed E-state index contributed by atoms with van der Waals surface area (Å²) < 4.78 is 5.55. The first kappa shape index (κ1) is 13.8. The predicted octanol–water partition coefficient (Wildman–Crippen LogP) is 3.56. The number of aromatic nitrogens is 2. The molecular formula is C14H19N3OS. The van der Waals surface area contributed by atoms with Gasteiger partial charge >= 0.3 is 0 Å². The molecule has 0 atom stereocenters. The van der Waals surface area contributed by atoms with E-state index in [0.717, 1.165) is 18.7 Å². The number of hydrogen-bond acceptors (Lipinski definition) is 5. The van der Waals surface area contributed by atoms with Crippen LogP contribution < -0.4 is 10.1 Å². The molecule has 0 radical (unpaired) electrons. The third-order valence-corrected chi connectivity index (χ3v) is 3.59. The van der Waals surface area contributed by atoms with Crippen molar-refractivity contribution in [1.29, 1.82) is 0 Å². The molecule has 2 heterocycles. The lowest BCUT2D eigenvalue weighted by atomic mass is 10.2. The molecule has 0 aliphatic heterocycles. The summed E-state index contributed by atoms with van der Waals surface area (Å²) in [6.45, 7) is 7.56. The molecular weight excluding hydrogens is 258 g/mol. The Kier molecular flexibility index (Phi) is 4.74. The molecule has 0 amide bonds. The fraction of sp³-hybridized carbons (Fsp3) is 0.429. The van der Waals surface area contributed by atoms with Crippen molar-refractivity contribution in [3.05, 3.63) is 33.6 Å². The highest BCUT2D eigenvalue weighted by Gasteiger charge is 2.04. The van der Waals surface area contributed by atoms with Crippen LogP contribution in [0.5, 0.6) is 5.88 Å². The van der Waals surface area contributed by atoms with Crippen molar-refractivity contribution in [2.75, 3.05) is 11.9 Å². The van der Waals surface area contributed by atoms with Gasteiger partial charge < -0.3 is 10.1 Å². The highest BCUT2D eigenvalue weighted by Crippen LogP contribution is 2.16. The SMILES string of the molecule is CCCOc1cc(C)nc(NCc2cscc2C)n1. The van der Waals surface area contributed by atoms with Gasteiger partial charge in [0.2, 0.25) is 11.8 Å². The minimum atomic E-state index is 0.622. The van der Waals surface area contributed by atoms with E-state index in [4.69, 9.17) is 4.74 Å². The summed E-state index contributed by atoms with van der Waals surface area (Å²) in [7, 11) is 0. The molecule has 0 aliphatic carbocycles. The number of nitrogens with one attached hydrogen (secondary N) is 1. The Balaban J connectivity index is 2.03. The first-order chi connectivity index (χ1) is 9.19. The van der Waals surface area contributed by atoms with Crippen molar-refractivity contribution < 1.29 is 4.74 Å². The van der Waals surface area contributed by atoms with E-state index in [-0.39, 0.29) is 0 Å². The van der Waals surface area contributed by atoms with Gasteiger partial charge in [-0.2, -0.15) is 16.3 Å². The topological polar surface area (TPSA) is 47.0 Å². The van der Waals surface area contributed by atoms with Crippen LogP contribution in [-0.4, -0.2) is 16.6 Å². The second-order valence-electron chi connectivity index (χ2n) is 4.45. The van der Waals surface area contributed by atoms with E-state index in [0.29, 0.717) is 18.4 Å². The highest BCUT2D eigenvalue weighted by atomic mass is 32.1. The molecule has 0 saturated heterocycles. The quantitative estimate of drug-likeness (QED) is 0.877. The van der Waals surface area contributed by atoms with E-state index in [1.54, 1.807) is 11.3 Å². The van der Waals surface area contributed by atoms with Crippen LogP contribution >= 0.6 is 11.3 Å². The van der Waals surface area contributed by atoms with Gasteiger partial charge in [0.15, 0.2) is 0 Å². The molecule has 0 fully saturated rings. The molecule has 5 heteroatoms. The molecule has 1 N–H and O–H groups in total. The second-order valence-corrected chi connectivity index (χ2v) is 5.20. The molecule has 19 heavy (non-hydrogen) atoms. The maximum atomic E-state index is 5.55. The Hall–Kier alpha value is -1.62. The summed E-state index contributed by atoms with van der Waals surface area (Å²) in [5.41, 5.74) is 3.49. The van der Waals surface area contributed by atoms with Gasteiger partial charge in [0.1, 0.15) is 0 Å². The van der Waals surface area contributed by atoms with Crippen molar-refractivity contribution >= 4 is 17.3 Å². The monoisotopic (exact) mass is 277 g/mol. The number of hydrogen-bond donors (Lipinski definition) is 1. The van der Waals surface area contributed by atoms with Crippen LogP contribution in [0.25, 0.3) is 0 Å². The Bertz CT molecular complexity index is 539. The maximum Gasteiger partial charge on any atom is 0.226 e. The van der Waals surface area contributed by atoms with Gasteiger partial charge in [-0.05, 0) is 42.2 Å². The summed E-state index contributed by atoms with van der Waals surface area (Å²) in [5, 5.41) is 7.54. The lowest BCUT2D eigenvalue weighted by Gasteiger charge is -2.08. The molecule has 0 spiro atoms. The Morgan fingerprint density at radius 3 is 2.79 bits per heavy atom. The van der Waals surface area contributed by atoms with Crippen LogP contribution in [0.4, 0.5) is 5.95 Å². The van der Waals surface area contributed by atoms with Crippen molar-refractivity contribution in [1.82, 2.24) is 9.97 Å². The minimum absolute atomic E-state index is 0.622. The van der Waals surface area contributed by atoms with Crippen LogP contribution in [0, 0.1) is 13.8 Å². The van der Waals surface area contributed by atoms with E-state index in [1.165, 1.54) is 11.1 Å². The fourth-order valence-corrected chi connectivity index (χ4v) is 2.50. The number of nitrogens with zero attached hydrogens (tertiary/aromatic N) is 2. The first-order valence-electron chi connectivity index (χ1n) is 6.43. The molecule has 4 nitrogen and oxygen atoms in total. The normalized spacial score (nSPS) is 10.5. The van der Waals surface area contributed by atoms with Gasteiger partial charge in [-0.3, -0.25) is 0 Å². The van der Waals surface area contributed by atoms with Crippen LogP contribution in [0.1, 0.15) is 30.2 Å². The lowest BCUT2D eigenvalue weighted by Crippen LogP contribution is -2.06. The van der Waals surface area contributed by atoms with Crippen LogP contribution in [0.2, 0.25) is 0 Å². The Labute approximate surface area is 117 Å². The van der Waals surface area contributed by atoms with Gasteiger partial charge in [-0.25, -0.2) is 4.98 Å². The maximum absolute atomic E-state index is 5.55. The molecule has 2 aromatic heterocycles. The molecule has 2 rings (SSSR count). The molecule has 0 aromatic carbocycles. The largest absolute Gasteiger partial charge is 0.478 e. The minimum Gasteiger partial charge on any atom is -0.478 e. The lowest BCUT2D eigenvalue weighted by molar-refractivity contribution is 0.305. The van der Waals surface area contributed by atoms with Gasteiger partial charge in [0, 0.05) is 18.3 Å². The van der Waals surface area contributed by atoms with Gasteiger partial charge in [-0.1, -0.05) is 6.92 Å². The highest BCUT2D eigenvalue weighted by molar-refractivity contribution is 7.08. The summed E-state index contributed by atoms with van der Waals surface area (Å²) >= 11 is 1.71. The van der Waals surface area contributed by atoms with Gasteiger partial charge in [0.05, 0.1) is 6.61 Å². The smallest absolute Gasteiger partial charge is 0.226 e. The molecule has 0 unspecified atom stereocenters. The van der Waals surface area contributed by atoms with Gasteiger partial charge in [0.25, 0.3) is 0 Å². The second kappa shape index (κ2) is 6.52. The zero-order chi connectivity index (χ0) is 13.7. The molecule has 0 aliphatic rings. The molecule has 102 valence electrons. The van der Waals surface area contributed by atoms with Gasteiger partial charge in [-0.15, -0.1) is 0 Å². The van der Waals surface area contributed by atoms with E-state index in [1.807, 2.05) is 13.0 Å². The fourth-order valence-electron chi connectivity index (χ4n) is 1.64. The van der Waals surface area contributed by atoms with E-state index >= 15 is 0 Å². The summed E-state index contributed by atoms with van der Waals surface area (Å²) in [6, 6.07) is 1.86. The van der Waals surface area contributed by atoms with Crippen LogP contribution in [0.3, 0.4) is 0 Å². The summed E-state index contributed by atoms with van der Waals surface area (Å²) in [5.74, 6) is 1.26. The Morgan fingerprint density at radius 2 is 2.11 bits per heavy atom. The number of rotatable bonds is 6. The van der Waals surface area contributed by atoms with E-state index in [2.05, 4.69) is 39.9 Å². The zero-order valence-corrected chi connectivity index (χ0v) is 12.4. The third kappa shape index (κ3) is 3.92. The molecule has 0 saturated carbocycles. The standard InChI is InChI=1S/C14H19N3OS/c1-4-5-18-13-6-11(3)16-14(17-13)15-7-12-9-19-8-10(12)2/h6,8-9H,4-5,7H2,1-3H3,(H,15,16,17). The summed E-state index contributed by atoms with van der Waals surface area (Å²) in [4.78, 5) is 8.73. The number of anilines is 1. The molecule has 2 aromatic rings. The van der Waals surface area contributed by atoms with Crippen molar-refractivity contribution in [3.63, 3.8) is 0 Å². The average molecular weight is 277 g/mol. The number of thiophene rings is 1. The van der Waals surface area contributed by atoms with Crippen LogP contribution in [-0.2, 0) is 6.54 Å². The summed E-state index contributed by atoms with van der Waals surface area (Å²) in [6.07, 6.45) is 0.972. The average Bonchev–Trinajstić information content (AvgIpc) is 2.79. The molecule has 0 bridgehead atoms. The first-order valence-corrected chi connectivity index (χ1v) is 7.37. The van der Waals surface area contributed by atoms with Crippen LogP contribution in [0.15, 0.2) is 16.8 Å². The predicted molar refractivity (Wildman–Crippen MR) is 78.9 cm³/mol. The number of ether oxygens (including phenoxy) is 1. The zero-order valence-electron chi connectivity index (χ0n) is 11.6. The third-order valence-electron chi connectivity index (χ3n) is 2.68.